The third kappa shape index (κ3) is 3.11. The van der Waals surface area contributed by atoms with Crippen LogP contribution in [0.4, 0.5) is 10.7 Å². The average Bonchev–Trinajstić information content (AvgIpc) is 3.02. The summed E-state index contributed by atoms with van der Waals surface area (Å²) in [6, 6.07) is 1.73. The molecule has 7 heteroatoms. The van der Waals surface area contributed by atoms with Crippen LogP contribution >= 0.6 is 11.3 Å². The third-order valence-electron chi connectivity index (χ3n) is 3.65. The largest absolute Gasteiger partial charge is 0.396 e. The molecule has 0 amide bonds. The molecule has 2 N–H and O–H groups in total. The summed E-state index contributed by atoms with van der Waals surface area (Å²) in [7, 11) is 0. The molecule has 6 nitrogen and oxygen atoms in total. The first-order valence-electron chi connectivity index (χ1n) is 6.88. The molecule has 0 radical (unpaired) electrons. The van der Waals surface area contributed by atoms with Gasteiger partial charge in [-0.15, -0.1) is 11.3 Å². The summed E-state index contributed by atoms with van der Waals surface area (Å²) in [5, 5.41) is 30.4. The molecule has 2 rings (SSSR count). The van der Waals surface area contributed by atoms with Crippen molar-refractivity contribution in [3.63, 3.8) is 0 Å². The van der Waals surface area contributed by atoms with Crippen molar-refractivity contribution in [2.45, 2.75) is 44.8 Å². The van der Waals surface area contributed by atoms with Gasteiger partial charge in [0.25, 0.3) is 0 Å². The van der Waals surface area contributed by atoms with Gasteiger partial charge in [0.2, 0.25) is 0 Å². The van der Waals surface area contributed by atoms with E-state index in [0.717, 1.165) is 25.8 Å². The van der Waals surface area contributed by atoms with E-state index in [1.54, 1.807) is 6.92 Å². The van der Waals surface area contributed by atoms with Crippen LogP contribution in [0.5, 0.6) is 0 Å². The van der Waals surface area contributed by atoms with Crippen molar-refractivity contribution in [2.24, 2.45) is 0 Å². The van der Waals surface area contributed by atoms with Gasteiger partial charge < -0.3 is 15.1 Å². The Morgan fingerprint density at radius 3 is 3.00 bits per heavy atom. The molecule has 2 atom stereocenters. The van der Waals surface area contributed by atoms with Gasteiger partial charge in [-0.2, -0.15) is 0 Å². The highest BCUT2D eigenvalue weighted by Gasteiger charge is 2.32. The smallest absolute Gasteiger partial charge is 0.304 e. The number of rotatable bonds is 6. The van der Waals surface area contributed by atoms with Crippen molar-refractivity contribution in [1.29, 1.82) is 0 Å². The molecule has 20 heavy (non-hydrogen) atoms. The van der Waals surface area contributed by atoms with Crippen LogP contribution in [0, 0.1) is 10.1 Å². The number of nitrogens with zero attached hydrogens (tertiary/aromatic N) is 2. The van der Waals surface area contributed by atoms with Gasteiger partial charge in [0.05, 0.1) is 11.0 Å². The van der Waals surface area contributed by atoms with Gasteiger partial charge in [-0.1, -0.05) is 0 Å². The minimum absolute atomic E-state index is 0.0850. The van der Waals surface area contributed by atoms with Crippen LogP contribution < -0.4 is 4.90 Å². The molecule has 2 heterocycles. The molecule has 0 aliphatic carbocycles. The number of thiophene rings is 1. The van der Waals surface area contributed by atoms with Gasteiger partial charge in [0.15, 0.2) is 5.00 Å². The van der Waals surface area contributed by atoms with E-state index in [0.29, 0.717) is 16.3 Å². The van der Waals surface area contributed by atoms with E-state index in [2.05, 4.69) is 4.90 Å². The second-order valence-electron chi connectivity index (χ2n) is 5.13. The second-order valence-corrected chi connectivity index (χ2v) is 6.19. The maximum atomic E-state index is 11.2. The minimum Gasteiger partial charge on any atom is -0.396 e. The Kier molecular flexibility index (Phi) is 4.95. The van der Waals surface area contributed by atoms with Crippen molar-refractivity contribution in [3.8, 4) is 0 Å². The number of hydrogen-bond donors (Lipinski definition) is 2. The van der Waals surface area contributed by atoms with Crippen LogP contribution in [0.25, 0.3) is 0 Å². The lowest BCUT2D eigenvalue weighted by molar-refractivity contribution is -0.383. The summed E-state index contributed by atoms with van der Waals surface area (Å²) < 4.78 is 0. The zero-order valence-electron chi connectivity index (χ0n) is 11.5. The van der Waals surface area contributed by atoms with Gasteiger partial charge in [0, 0.05) is 30.1 Å². The number of aliphatic hydroxyl groups excluding tert-OH is 2. The Labute approximate surface area is 121 Å². The standard InChI is InChI=1S/C13H20N2O4S/c1-9(17)12-8-11(15(18)19)13(20-12)14-6-2-4-10(14)5-3-7-16/h8-10,16-17H,2-7H2,1H3/t9-,10?/m1/s1. The molecule has 1 unspecified atom stereocenters. The topological polar surface area (TPSA) is 86.8 Å². The Hall–Kier alpha value is -1.18. The highest BCUT2D eigenvalue weighted by Crippen LogP contribution is 2.43. The molecule has 1 aliphatic heterocycles. The maximum absolute atomic E-state index is 11.2. The monoisotopic (exact) mass is 300 g/mol. The Balaban J connectivity index is 2.27. The predicted molar refractivity (Wildman–Crippen MR) is 78.3 cm³/mol. The summed E-state index contributed by atoms with van der Waals surface area (Å²) in [4.78, 5) is 13.5. The van der Waals surface area contributed by atoms with Crippen LogP contribution in [0.1, 0.15) is 43.6 Å². The highest BCUT2D eigenvalue weighted by molar-refractivity contribution is 7.16. The lowest BCUT2D eigenvalue weighted by Crippen LogP contribution is -2.29. The quantitative estimate of drug-likeness (QED) is 0.622. The zero-order chi connectivity index (χ0) is 14.7. The molecule has 112 valence electrons. The molecule has 1 saturated heterocycles. The van der Waals surface area contributed by atoms with Crippen LogP contribution in [-0.2, 0) is 0 Å². The average molecular weight is 300 g/mol. The van der Waals surface area contributed by atoms with E-state index in [4.69, 9.17) is 5.11 Å². The van der Waals surface area contributed by atoms with Crippen LogP contribution in [-0.4, -0.2) is 34.3 Å². The van der Waals surface area contributed by atoms with Crippen molar-refractivity contribution >= 4 is 22.0 Å². The molecular weight excluding hydrogens is 280 g/mol. The predicted octanol–water partition coefficient (Wildman–Crippen LogP) is 2.45. The SMILES string of the molecule is C[C@@H](O)c1cc([N+](=O)[O-])c(N2CCCC2CCCO)s1. The first kappa shape index (κ1) is 15.2. The number of nitro groups is 1. The van der Waals surface area contributed by atoms with Crippen molar-refractivity contribution < 1.29 is 15.1 Å². The molecule has 1 aromatic heterocycles. The second kappa shape index (κ2) is 6.51. The molecule has 1 aliphatic rings. The Bertz CT molecular complexity index is 475. The van der Waals surface area contributed by atoms with E-state index in [9.17, 15) is 15.2 Å². The van der Waals surface area contributed by atoms with E-state index >= 15 is 0 Å². The summed E-state index contributed by atoms with van der Waals surface area (Å²) in [5.74, 6) is 0. The molecule has 0 spiro atoms. The van der Waals surface area contributed by atoms with E-state index in [-0.39, 0.29) is 23.3 Å². The molecule has 0 saturated carbocycles. The fraction of sp³-hybridized carbons (Fsp3) is 0.692. The van der Waals surface area contributed by atoms with Gasteiger partial charge in [-0.3, -0.25) is 10.1 Å². The summed E-state index contributed by atoms with van der Waals surface area (Å²) in [6.45, 7) is 2.57. The number of anilines is 1. The third-order valence-corrected chi connectivity index (χ3v) is 4.99. The van der Waals surface area contributed by atoms with Crippen LogP contribution in [0.15, 0.2) is 6.07 Å². The molecular formula is C13H20N2O4S. The first-order chi connectivity index (χ1) is 9.54. The Morgan fingerprint density at radius 2 is 2.40 bits per heavy atom. The zero-order valence-corrected chi connectivity index (χ0v) is 12.3. The lowest BCUT2D eigenvalue weighted by atomic mass is 10.1. The van der Waals surface area contributed by atoms with E-state index in [1.165, 1.54) is 17.4 Å². The van der Waals surface area contributed by atoms with Gasteiger partial charge >= 0.3 is 5.69 Å². The molecule has 0 aromatic carbocycles. The van der Waals surface area contributed by atoms with Crippen molar-refractivity contribution in [2.75, 3.05) is 18.1 Å². The fourth-order valence-electron chi connectivity index (χ4n) is 2.66. The highest BCUT2D eigenvalue weighted by atomic mass is 32.1. The van der Waals surface area contributed by atoms with Gasteiger partial charge in [-0.05, 0) is 32.6 Å². The van der Waals surface area contributed by atoms with Gasteiger partial charge in [-0.25, -0.2) is 0 Å². The summed E-state index contributed by atoms with van der Waals surface area (Å²) >= 11 is 1.30. The molecule has 1 fully saturated rings. The van der Waals surface area contributed by atoms with E-state index in [1.807, 2.05) is 0 Å². The molecule has 0 bridgehead atoms. The molecule has 1 aromatic rings. The van der Waals surface area contributed by atoms with Gasteiger partial charge in [0.1, 0.15) is 0 Å². The van der Waals surface area contributed by atoms with Crippen LogP contribution in [0.2, 0.25) is 0 Å². The van der Waals surface area contributed by atoms with Crippen molar-refractivity contribution in [1.82, 2.24) is 0 Å². The Morgan fingerprint density at radius 1 is 1.65 bits per heavy atom. The lowest BCUT2D eigenvalue weighted by Gasteiger charge is -2.24. The summed E-state index contributed by atoms with van der Waals surface area (Å²) in [6.07, 6.45) is 2.87. The summed E-state index contributed by atoms with van der Waals surface area (Å²) in [5.41, 5.74) is 0.0850. The minimum atomic E-state index is -0.689. The van der Waals surface area contributed by atoms with Crippen LogP contribution in [0.3, 0.4) is 0 Å². The fourth-order valence-corrected chi connectivity index (χ4v) is 3.82. The maximum Gasteiger partial charge on any atom is 0.304 e. The number of aliphatic hydroxyl groups is 2. The van der Waals surface area contributed by atoms with E-state index < -0.39 is 6.10 Å². The first-order valence-corrected chi connectivity index (χ1v) is 7.70. The normalized spacial score (nSPS) is 20.4. The number of hydrogen-bond acceptors (Lipinski definition) is 6. The van der Waals surface area contributed by atoms with Crippen molar-refractivity contribution in [3.05, 3.63) is 21.1 Å².